The molecule has 65 heavy (non-hydrogen) atoms. The van der Waals surface area contributed by atoms with Gasteiger partial charge in [-0.15, -0.1) is 0 Å². The molecule has 0 spiro atoms. The third kappa shape index (κ3) is 22.0. The molecule has 2 saturated heterocycles. The van der Waals surface area contributed by atoms with E-state index in [-0.39, 0.29) is 19.1 Å². The van der Waals surface area contributed by atoms with Gasteiger partial charge in [-0.25, -0.2) is 0 Å². The predicted molar refractivity (Wildman–Crippen MR) is 246 cm³/mol. The fourth-order valence-electron chi connectivity index (χ4n) is 7.70. The SMILES string of the molecule is CCCCOCC[C@H](OCCCC)C(OCCCC)[C@H](OC(C)=O)[C@@H](O)OC1[C@H](O)C(CO)O[C@@H](O[C@@H]2C(COCCCC)O[C@@H](OCCCC)[C@@H](C)C2OCCCC)[C@@H]1OCCCC. The molecule has 0 aromatic rings. The van der Waals surface area contributed by atoms with Gasteiger partial charge < -0.3 is 72.2 Å². The topological polar surface area (TPSA) is 189 Å². The van der Waals surface area contributed by atoms with Gasteiger partial charge in [0.1, 0.15) is 42.7 Å². The molecule has 16 heteroatoms. The second-order valence-electron chi connectivity index (χ2n) is 17.5. The highest BCUT2D eigenvalue weighted by Gasteiger charge is 2.54. The van der Waals surface area contributed by atoms with E-state index in [2.05, 4.69) is 34.6 Å². The Bertz CT molecular complexity index is 1140. The van der Waals surface area contributed by atoms with E-state index in [1.54, 1.807) is 0 Å². The summed E-state index contributed by atoms with van der Waals surface area (Å²) < 4.78 is 76.8. The highest BCUT2D eigenvalue weighted by atomic mass is 16.8. The first-order chi connectivity index (χ1) is 31.6. The van der Waals surface area contributed by atoms with Crippen LogP contribution in [0.5, 0.6) is 0 Å². The monoisotopic (exact) mass is 939 g/mol. The van der Waals surface area contributed by atoms with Gasteiger partial charge in [-0.3, -0.25) is 4.79 Å². The molecule has 2 aliphatic rings. The lowest BCUT2D eigenvalue weighted by Gasteiger charge is -2.49. The highest BCUT2D eigenvalue weighted by molar-refractivity contribution is 5.66. The van der Waals surface area contributed by atoms with Crippen LogP contribution in [0.25, 0.3) is 0 Å². The van der Waals surface area contributed by atoms with E-state index in [1.165, 1.54) is 6.92 Å². The number of hydrogen-bond donors (Lipinski definition) is 3. The Labute approximate surface area is 392 Å². The second kappa shape index (κ2) is 36.8. The fraction of sp³-hybridized carbons (Fsp3) is 0.980. The smallest absolute Gasteiger partial charge is 0.303 e. The summed E-state index contributed by atoms with van der Waals surface area (Å²) in [5.74, 6) is -0.939. The number of rotatable bonds is 40. The Kier molecular flexibility index (Phi) is 34.0. The normalized spacial score (nSPS) is 27.9. The van der Waals surface area contributed by atoms with Crippen molar-refractivity contribution in [1.29, 1.82) is 0 Å². The maximum atomic E-state index is 12.9. The first kappa shape index (κ1) is 60.0. The van der Waals surface area contributed by atoms with E-state index in [1.807, 2.05) is 20.8 Å². The molecule has 2 fully saturated rings. The number of aliphatic hydroxyl groups is 3. The largest absolute Gasteiger partial charge is 0.454 e. The summed E-state index contributed by atoms with van der Waals surface area (Å²) in [5.41, 5.74) is 0. The van der Waals surface area contributed by atoms with Gasteiger partial charge in [-0.1, -0.05) is 100 Å². The van der Waals surface area contributed by atoms with E-state index in [0.717, 1.165) is 77.0 Å². The highest BCUT2D eigenvalue weighted by Crippen LogP contribution is 2.36. The van der Waals surface area contributed by atoms with Crippen LogP contribution in [0.3, 0.4) is 0 Å². The average Bonchev–Trinajstić information content (AvgIpc) is 3.29. The molecular weight excluding hydrogens is 845 g/mol. The third-order valence-corrected chi connectivity index (χ3v) is 11.8. The van der Waals surface area contributed by atoms with Crippen molar-refractivity contribution >= 4 is 5.97 Å². The van der Waals surface area contributed by atoms with Crippen LogP contribution in [0, 0.1) is 5.92 Å². The quantitative estimate of drug-likeness (QED) is 0.0323. The van der Waals surface area contributed by atoms with Crippen molar-refractivity contribution in [3.63, 3.8) is 0 Å². The Morgan fingerprint density at radius 2 is 1.11 bits per heavy atom. The zero-order valence-electron chi connectivity index (χ0n) is 41.9. The summed E-state index contributed by atoms with van der Waals surface area (Å²) in [7, 11) is 0. The molecule has 0 aromatic carbocycles. The fourth-order valence-corrected chi connectivity index (χ4v) is 7.70. The molecule has 0 radical (unpaired) electrons. The lowest BCUT2D eigenvalue weighted by Crippen LogP contribution is -2.65. The Hall–Kier alpha value is -1.09. The predicted octanol–water partition coefficient (Wildman–Crippen LogP) is 7.03. The van der Waals surface area contributed by atoms with Gasteiger partial charge >= 0.3 is 5.97 Å². The standard InChI is InChI=1S/C49H94O16/c1-10-17-25-54-32-24-37(56-27-19-12-3)42(58-29-21-14-5)45(61-36(9)51)47(53)64-44-40(52)38(33-50)62-49(46(44)59-30-22-15-6)65-43-39(34-55-26-18-11-2)63-48(60-31-23-16-7)35(8)41(43)57-28-20-13-4/h35,37-50,52-53H,10-34H2,1-9H3/t35-,37-,38?,39?,40+,41?,42?,43+,44?,45-,46+,47-,48+,49-/m0/s1. The van der Waals surface area contributed by atoms with Gasteiger partial charge in [-0.05, 0) is 51.4 Å². The van der Waals surface area contributed by atoms with Crippen molar-refractivity contribution in [2.45, 2.75) is 239 Å². The summed E-state index contributed by atoms with van der Waals surface area (Å²) in [6, 6.07) is 0. The lowest BCUT2D eigenvalue weighted by atomic mass is 9.91. The average molecular weight is 939 g/mol. The van der Waals surface area contributed by atoms with Crippen LogP contribution in [0.1, 0.15) is 159 Å². The first-order valence-electron chi connectivity index (χ1n) is 25.6. The summed E-state index contributed by atoms with van der Waals surface area (Å²) in [5, 5.41) is 34.8. The van der Waals surface area contributed by atoms with Crippen LogP contribution in [0.15, 0.2) is 0 Å². The second-order valence-corrected chi connectivity index (χ2v) is 17.5. The van der Waals surface area contributed by atoms with Gasteiger partial charge in [0.25, 0.3) is 0 Å². The van der Waals surface area contributed by atoms with Crippen LogP contribution in [-0.2, 0) is 61.6 Å². The zero-order valence-corrected chi connectivity index (χ0v) is 41.9. The molecule has 2 aliphatic heterocycles. The number of hydrogen-bond acceptors (Lipinski definition) is 16. The molecule has 0 amide bonds. The number of aliphatic hydroxyl groups excluding tert-OH is 3. The summed E-state index contributed by atoms with van der Waals surface area (Å²) >= 11 is 0. The number of unbranched alkanes of at least 4 members (excludes halogenated alkanes) is 7. The molecule has 0 bridgehead atoms. The molecule has 386 valence electrons. The Balaban J connectivity index is 2.65. The minimum absolute atomic E-state index is 0.187. The van der Waals surface area contributed by atoms with E-state index in [4.69, 9.17) is 56.8 Å². The maximum Gasteiger partial charge on any atom is 0.303 e. The van der Waals surface area contributed by atoms with Crippen molar-refractivity contribution < 1.29 is 77.0 Å². The van der Waals surface area contributed by atoms with Gasteiger partial charge in [0.2, 0.25) is 0 Å². The molecule has 0 aliphatic carbocycles. The van der Waals surface area contributed by atoms with E-state index in [0.29, 0.717) is 65.5 Å². The number of ether oxygens (including phenoxy) is 12. The molecule has 3 N–H and O–H groups in total. The molecule has 2 rings (SSSR count). The minimum Gasteiger partial charge on any atom is -0.454 e. The van der Waals surface area contributed by atoms with Gasteiger partial charge in [0, 0.05) is 65.7 Å². The van der Waals surface area contributed by atoms with Crippen molar-refractivity contribution in [1.82, 2.24) is 0 Å². The van der Waals surface area contributed by atoms with Crippen molar-refractivity contribution in [3.05, 3.63) is 0 Å². The van der Waals surface area contributed by atoms with E-state index >= 15 is 0 Å². The van der Waals surface area contributed by atoms with Crippen molar-refractivity contribution in [2.24, 2.45) is 5.92 Å². The molecule has 2 heterocycles. The molecule has 0 aromatic heterocycles. The van der Waals surface area contributed by atoms with Crippen molar-refractivity contribution in [2.75, 3.05) is 66.1 Å². The van der Waals surface area contributed by atoms with Crippen LogP contribution < -0.4 is 0 Å². The zero-order chi connectivity index (χ0) is 47.8. The molecule has 5 unspecified atom stereocenters. The van der Waals surface area contributed by atoms with Gasteiger partial charge in [0.15, 0.2) is 25.0 Å². The lowest BCUT2D eigenvalue weighted by molar-refractivity contribution is -0.373. The number of carbonyl (C=O) groups is 1. The van der Waals surface area contributed by atoms with Crippen LogP contribution in [0.2, 0.25) is 0 Å². The van der Waals surface area contributed by atoms with Crippen LogP contribution >= 0.6 is 0 Å². The van der Waals surface area contributed by atoms with Crippen molar-refractivity contribution in [3.8, 4) is 0 Å². The minimum atomic E-state index is -1.86. The van der Waals surface area contributed by atoms with Gasteiger partial charge in [0.05, 0.1) is 25.4 Å². The van der Waals surface area contributed by atoms with Crippen LogP contribution in [-0.4, -0.2) is 167 Å². The molecular formula is C49H94O16. The Morgan fingerprint density at radius 3 is 1.69 bits per heavy atom. The first-order valence-corrected chi connectivity index (χ1v) is 25.6. The summed E-state index contributed by atoms with van der Waals surface area (Å²) in [4.78, 5) is 12.9. The van der Waals surface area contributed by atoms with E-state index < -0.39 is 92.5 Å². The van der Waals surface area contributed by atoms with Crippen LogP contribution in [0.4, 0.5) is 0 Å². The molecule has 0 saturated carbocycles. The molecule has 16 nitrogen and oxygen atoms in total. The number of carbonyl (C=O) groups excluding carboxylic acids is 1. The summed E-state index contributed by atoms with van der Waals surface area (Å²) in [6.07, 6.45) is -1.49. The maximum absolute atomic E-state index is 12.9. The molecule has 14 atom stereocenters. The Morgan fingerprint density at radius 1 is 0.585 bits per heavy atom. The van der Waals surface area contributed by atoms with Gasteiger partial charge in [-0.2, -0.15) is 0 Å². The third-order valence-electron chi connectivity index (χ3n) is 11.8. The van der Waals surface area contributed by atoms with E-state index in [9.17, 15) is 20.1 Å². The number of esters is 1. The summed E-state index contributed by atoms with van der Waals surface area (Å²) in [6.45, 7) is 20.8.